The van der Waals surface area contributed by atoms with Crippen LogP contribution in [0.5, 0.6) is 0 Å². The number of aliphatic hydroxyl groups excluding tert-OH is 2. The Hall–Kier alpha value is -0.280. The molecule has 0 saturated carbocycles. The summed E-state index contributed by atoms with van der Waals surface area (Å²) in [6, 6.07) is 3.30. The van der Waals surface area contributed by atoms with Crippen molar-refractivity contribution < 1.29 is 10.2 Å². The molecule has 2 aliphatic rings. The highest BCUT2D eigenvalue weighted by atomic mass is 16.3. The molecule has 2 saturated heterocycles. The van der Waals surface area contributed by atoms with Gasteiger partial charge in [-0.3, -0.25) is 0 Å². The lowest BCUT2D eigenvalue weighted by Gasteiger charge is -2.21. The first-order valence-electron chi connectivity index (χ1n) is 16.4. The highest BCUT2D eigenvalue weighted by molar-refractivity contribution is 4.74. The second-order valence-corrected chi connectivity index (χ2v) is 13.1. The van der Waals surface area contributed by atoms with Gasteiger partial charge in [0, 0.05) is 43.3 Å². The molecule has 0 spiro atoms. The zero-order chi connectivity index (χ0) is 31.8. The molecule has 40 heavy (non-hydrogen) atoms. The molecule has 0 aromatic rings. The minimum Gasteiger partial charge on any atom is -0.394 e. The normalized spacial score (nSPS) is 18.4. The molecular weight excluding hydrogens is 498 g/mol. The zero-order valence-electron chi connectivity index (χ0n) is 30.0. The first kappa shape index (κ1) is 44.2. The summed E-state index contributed by atoms with van der Waals surface area (Å²) in [6.45, 7) is 36.5. The molecule has 2 heterocycles. The van der Waals surface area contributed by atoms with Crippen LogP contribution in [0, 0.1) is 5.92 Å². The van der Waals surface area contributed by atoms with E-state index in [1.807, 2.05) is 13.8 Å². The monoisotopic (exact) mass is 576 g/mol. The van der Waals surface area contributed by atoms with Gasteiger partial charge >= 0.3 is 0 Å². The van der Waals surface area contributed by atoms with Crippen molar-refractivity contribution >= 4 is 0 Å². The number of likely N-dealkylation sites (tertiary alicyclic amines) is 2. The minimum absolute atomic E-state index is 0.167. The maximum absolute atomic E-state index is 8.79. The first-order chi connectivity index (χ1) is 18.5. The van der Waals surface area contributed by atoms with Crippen molar-refractivity contribution in [2.75, 3.05) is 66.5 Å². The van der Waals surface area contributed by atoms with Crippen molar-refractivity contribution in [1.29, 1.82) is 0 Å². The number of aliphatic hydroxyl groups is 2. The van der Waals surface area contributed by atoms with Gasteiger partial charge in [-0.25, -0.2) is 0 Å². The van der Waals surface area contributed by atoms with E-state index >= 15 is 0 Å². The number of rotatable bonds is 10. The van der Waals surface area contributed by atoms with Crippen molar-refractivity contribution in [2.45, 2.75) is 146 Å². The van der Waals surface area contributed by atoms with Crippen LogP contribution >= 0.6 is 0 Å². The summed E-state index contributed by atoms with van der Waals surface area (Å²) >= 11 is 0. The molecule has 0 aromatic heterocycles. The molecule has 0 aromatic carbocycles. The van der Waals surface area contributed by atoms with Gasteiger partial charge in [-0.2, -0.15) is 0 Å². The van der Waals surface area contributed by atoms with Crippen LogP contribution in [0.2, 0.25) is 0 Å². The number of hydrogen-bond donors (Lipinski definition) is 3. The lowest BCUT2D eigenvalue weighted by molar-refractivity contribution is 0.0928. The summed E-state index contributed by atoms with van der Waals surface area (Å²) in [6.07, 6.45) is 3.61. The molecule has 246 valence electrons. The maximum atomic E-state index is 8.79. The van der Waals surface area contributed by atoms with Gasteiger partial charge in [-0.05, 0) is 127 Å². The Balaban J connectivity index is -0.000000431. The first-order valence-corrected chi connectivity index (χ1v) is 16.4. The zero-order valence-corrected chi connectivity index (χ0v) is 30.0. The fraction of sp³-hybridized carbons (Fsp3) is 1.00. The fourth-order valence-electron chi connectivity index (χ4n) is 4.09. The quantitative estimate of drug-likeness (QED) is 0.328. The third kappa shape index (κ3) is 27.9. The predicted molar refractivity (Wildman–Crippen MR) is 180 cm³/mol. The largest absolute Gasteiger partial charge is 0.394 e. The van der Waals surface area contributed by atoms with E-state index < -0.39 is 6.10 Å². The summed E-state index contributed by atoms with van der Waals surface area (Å²) < 4.78 is 0. The molecule has 7 heteroatoms. The molecule has 2 rings (SSSR count). The van der Waals surface area contributed by atoms with Crippen molar-refractivity contribution in [1.82, 2.24) is 24.9 Å². The Labute approximate surface area is 253 Å². The molecule has 2 aliphatic heterocycles. The topological polar surface area (TPSA) is 65.5 Å². The van der Waals surface area contributed by atoms with E-state index in [1.165, 1.54) is 58.5 Å². The molecule has 2 atom stereocenters. The molecule has 7 nitrogen and oxygen atoms in total. The second-order valence-electron chi connectivity index (χ2n) is 13.1. The van der Waals surface area contributed by atoms with Crippen molar-refractivity contribution in [3.8, 4) is 0 Å². The Morgan fingerprint density at radius 1 is 0.775 bits per heavy atom. The van der Waals surface area contributed by atoms with Gasteiger partial charge in [0.25, 0.3) is 0 Å². The summed E-state index contributed by atoms with van der Waals surface area (Å²) in [7, 11) is 4.15. The molecule has 3 N–H and O–H groups in total. The smallest absolute Gasteiger partial charge is 0.0895 e. The van der Waals surface area contributed by atoms with Gasteiger partial charge in [0.05, 0.1) is 12.7 Å². The Bertz CT molecular complexity index is 493. The van der Waals surface area contributed by atoms with E-state index in [1.54, 1.807) is 0 Å². The summed E-state index contributed by atoms with van der Waals surface area (Å²) in [5.41, 5.74) is 0. The molecule has 0 amide bonds. The third-order valence-electron chi connectivity index (χ3n) is 7.60. The molecule has 2 unspecified atom stereocenters. The van der Waals surface area contributed by atoms with Crippen LogP contribution in [-0.2, 0) is 0 Å². The van der Waals surface area contributed by atoms with Gasteiger partial charge in [-0.15, -0.1) is 0 Å². The Kier molecular flexibility index (Phi) is 30.4. The number of nitrogens with one attached hydrogen (secondary N) is 1. The summed E-state index contributed by atoms with van der Waals surface area (Å²) in [4.78, 5) is 9.66. The molecule has 0 radical (unpaired) electrons. The molecule has 0 bridgehead atoms. The van der Waals surface area contributed by atoms with Crippen molar-refractivity contribution in [3.05, 3.63) is 0 Å². The van der Waals surface area contributed by atoms with E-state index in [9.17, 15) is 0 Å². The van der Waals surface area contributed by atoms with E-state index in [0.29, 0.717) is 24.7 Å². The van der Waals surface area contributed by atoms with Gasteiger partial charge in [0.1, 0.15) is 0 Å². The van der Waals surface area contributed by atoms with Crippen molar-refractivity contribution in [3.63, 3.8) is 0 Å². The van der Waals surface area contributed by atoms with Crippen LogP contribution in [0.25, 0.3) is 0 Å². The van der Waals surface area contributed by atoms with E-state index in [4.69, 9.17) is 10.2 Å². The third-order valence-corrected chi connectivity index (χ3v) is 7.60. The number of nitrogens with zero attached hydrogens (tertiary/aromatic N) is 4. The van der Waals surface area contributed by atoms with Gasteiger partial charge in [-0.1, -0.05) is 34.6 Å². The average molecular weight is 576 g/mol. The average Bonchev–Trinajstić information content (AvgIpc) is 3.57. The maximum Gasteiger partial charge on any atom is 0.0895 e. The second kappa shape index (κ2) is 27.5. The van der Waals surface area contributed by atoms with Gasteiger partial charge in [0.15, 0.2) is 0 Å². The van der Waals surface area contributed by atoms with Gasteiger partial charge < -0.3 is 35.1 Å². The standard InChI is InChI=1S/C8H17N.C7H15N.C7H17N.C6H15NO2.C5H13N/c1-7(2)9-5-4-8(3)6-9;1-7(2)8-5-3-4-6-8;1-5-8(6-2)7(3)4;1-5(2)7-3-6(9)4-8;1-5(2)6(3)4/h7-8H,4-6H2,1-3H3;7H,3-6H2,1-2H3;7H,5-6H2,1-4H3;5-9H,3-4H2,1-2H3;5H,1-4H3. The van der Waals surface area contributed by atoms with Crippen LogP contribution in [0.15, 0.2) is 0 Å². The highest BCUT2D eigenvalue weighted by Crippen LogP contribution is 2.16. The van der Waals surface area contributed by atoms with Crippen LogP contribution in [0.1, 0.15) is 109 Å². The predicted octanol–water partition coefficient (Wildman–Crippen LogP) is 5.26. The summed E-state index contributed by atoms with van der Waals surface area (Å²) in [5.74, 6) is 0.937. The van der Waals surface area contributed by atoms with Crippen LogP contribution in [-0.4, -0.2) is 133 Å². The molecule has 0 aliphatic carbocycles. The highest BCUT2D eigenvalue weighted by Gasteiger charge is 2.19. The lowest BCUT2D eigenvalue weighted by Crippen LogP contribution is -2.33. The van der Waals surface area contributed by atoms with Crippen molar-refractivity contribution in [2.24, 2.45) is 5.92 Å². The minimum atomic E-state index is -0.618. The van der Waals surface area contributed by atoms with E-state index in [0.717, 1.165) is 18.0 Å². The Morgan fingerprint density at radius 3 is 1.40 bits per heavy atom. The fourth-order valence-corrected chi connectivity index (χ4v) is 4.09. The SMILES string of the molecule is CC(C)N(C)C.CC(C)N1CCCC1.CC(C)NCC(O)CO.CC1CCN(C(C)C)C1.CCN(CC)C(C)C. The molecule has 2 fully saturated rings. The molecular formula is C33H77N5O2. The Morgan fingerprint density at radius 2 is 1.23 bits per heavy atom. The van der Waals surface area contributed by atoms with Gasteiger partial charge in [0.2, 0.25) is 0 Å². The van der Waals surface area contributed by atoms with E-state index in [2.05, 4.69) is 115 Å². The number of hydrogen-bond acceptors (Lipinski definition) is 7. The van der Waals surface area contributed by atoms with Crippen LogP contribution < -0.4 is 5.32 Å². The van der Waals surface area contributed by atoms with Crippen LogP contribution in [0.4, 0.5) is 0 Å². The van der Waals surface area contributed by atoms with Crippen LogP contribution in [0.3, 0.4) is 0 Å². The lowest BCUT2D eigenvalue weighted by atomic mass is 10.2. The van der Waals surface area contributed by atoms with E-state index in [-0.39, 0.29) is 6.61 Å². The summed E-state index contributed by atoms with van der Waals surface area (Å²) in [5, 5.41) is 20.1.